The summed E-state index contributed by atoms with van der Waals surface area (Å²) in [4.78, 5) is -0.779. The lowest BCUT2D eigenvalue weighted by atomic mass is 10.2. The van der Waals surface area contributed by atoms with Crippen LogP contribution in [0.2, 0.25) is 0 Å². The maximum absolute atomic E-state index is 12.7. The molecule has 16 heavy (non-hydrogen) atoms. The second-order valence-corrected chi connectivity index (χ2v) is 6.86. The van der Waals surface area contributed by atoms with Crippen molar-refractivity contribution >= 4 is 20.1 Å². The Morgan fingerprint density at radius 1 is 1.19 bits per heavy atom. The van der Waals surface area contributed by atoms with Crippen molar-refractivity contribution < 1.29 is 20.7 Å². The summed E-state index contributed by atoms with van der Waals surface area (Å²) in [6.45, 7) is 2.96. The van der Waals surface area contributed by atoms with E-state index in [0.29, 0.717) is 5.56 Å². The fraction of sp³-hybridized carbons (Fsp3) is 0.333. The predicted molar refractivity (Wildman–Crippen MR) is 57.2 cm³/mol. The fourth-order valence-electron chi connectivity index (χ4n) is 1.22. The number of benzene rings is 1. The zero-order chi connectivity index (χ0) is 12.6. The van der Waals surface area contributed by atoms with E-state index >= 15 is 0 Å². The highest BCUT2D eigenvalue weighted by Gasteiger charge is 2.19. The van der Waals surface area contributed by atoms with Gasteiger partial charge in [0.2, 0.25) is 0 Å². The fourth-order valence-corrected chi connectivity index (χ4v) is 2.96. The molecule has 0 N–H and O–H groups in total. The van der Waals surface area contributed by atoms with Gasteiger partial charge in [0.15, 0.2) is 9.84 Å². The monoisotopic (exact) mass is 266 g/mol. The van der Waals surface area contributed by atoms with Crippen LogP contribution in [0.25, 0.3) is 0 Å². The Morgan fingerprint density at radius 2 is 1.75 bits per heavy atom. The first-order valence-corrected chi connectivity index (χ1v) is 7.50. The first kappa shape index (κ1) is 13.1. The van der Waals surface area contributed by atoms with Gasteiger partial charge in [0.25, 0.3) is 0 Å². The Balaban J connectivity index is 3.54. The SMILES string of the molecule is CCS(=O)(=O)c1cc(S(=O)(=O)F)ccc1C. The summed E-state index contributed by atoms with van der Waals surface area (Å²) in [7, 11) is -8.42. The van der Waals surface area contributed by atoms with Crippen LogP contribution in [0.3, 0.4) is 0 Å². The summed E-state index contributed by atoms with van der Waals surface area (Å²) in [6, 6.07) is 3.16. The van der Waals surface area contributed by atoms with Crippen molar-refractivity contribution in [1.82, 2.24) is 0 Å². The van der Waals surface area contributed by atoms with E-state index in [-0.39, 0.29) is 10.6 Å². The van der Waals surface area contributed by atoms with Gasteiger partial charge in [-0.3, -0.25) is 0 Å². The molecule has 0 unspecified atom stereocenters. The maximum Gasteiger partial charge on any atom is 0.332 e. The van der Waals surface area contributed by atoms with Gasteiger partial charge in [-0.25, -0.2) is 8.42 Å². The number of aryl methyl sites for hydroxylation is 1. The molecule has 0 aromatic heterocycles. The highest BCUT2D eigenvalue weighted by atomic mass is 32.3. The van der Waals surface area contributed by atoms with Gasteiger partial charge in [-0.2, -0.15) is 8.42 Å². The Hall–Kier alpha value is -0.950. The minimum absolute atomic E-state index is 0.145. The smallest absolute Gasteiger partial charge is 0.224 e. The average molecular weight is 266 g/mol. The normalized spacial score (nSPS) is 12.7. The van der Waals surface area contributed by atoms with Crippen LogP contribution in [0.4, 0.5) is 3.89 Å². The Labute approximate surface area is 94.2 Å². The van der Waals surface area contributed by atoms with Crippen molar-refractivity contribution in [3.63, 3.8) is 0 Å². The standard InChI is InChI=1S/C9H11FO4S2/c1-3-15(11,12)9-6-8(16(10,13)14)5-4-7(9)2/h4-6H,3H2,1-2H3. The van der Waals surface area contributed by atoms with Crippen molar-refractivity contribution in [1.29, 1.82) is 0 Å². The summed E-state index contributed by atoms with van der Waals surface area (Å²) < 4.78 is 57.2. The van der Waals surface area contributed by atoms with Gasteiger partial charge in [0.05, 0.1) is 15.5 Å². The zero-order valence-electron chi connectivity index (χ0n) is 8.77. The van der Waals surface area contributed by atoms with E-state index in [9.17, 15) is 20.7 Å². The second kappa shape index (κ2) is 4.14. The van der Waals surface area contributed by atoms with Crippen molar-refractivity contribution in [3.05, 3.63) is 23.8 Å². The molecule has 0 saturated carbocycles. The molecule has 1 rings (SSSR count). The van der Waals surface area contributed by atoms with Crippen LogP contribution in [0.15, 0.2) is 28.0 Å². The largest absolute Gasteiger partial charge is 0.332 e. The lowest BCUT2D eigenvalue weighted by molar-refractivity contribution is 0.551. The quantitative estimate of drug-likeness (QED) is 0.776. The molecule has 0 heterocycles. The van der Waals surface area contributed by atoms with Crippen LogP contribution in [0.5, 0.6) is 0 Å². The third-order valence-corrected chi connectivity index (χ3v) is 4.84. The Kier molecular flexibility index (Phi) is 3.39. The van der Waals surface area contributed by atoms with E-state index in [1.54, 1.807) is 0 Å². The van der Waals surface area contributed by atoms with Crippen molar-refractivity contribution in [2.24, 2.45) is 0 Å². The molecule has 0 amide bonds. The molecular weight excluding hydrogens is 255 g/mol. The molecule has 0 aliphatic carbocycles. The summed E-state index contributed by atoms with van der Waals surface area (Å²) in [5.41, 5.74) is 0.397. The minimum Gasteiger partial charge on any atom is -0.224 e. The average Bonchev–Trinajstić information content (AvgIpc) is 2.16. The Bertz CT molecular complexity index is 602. The summed E-state index contributed by atoms with van der Waals surface area (Å²) >= 11 is 0. The van der Waals surface area contributed by atoms with Gasteiger partial charge >= 0.3 is 10.2 Å². The van der Waals surface area contributed by atoms with Crippen molar-refractivity contribution in [3.8, 4) is 0 Å². The molecule has 0 aliphatic rings. The number of sulfone groups is 1. The summed E-state index contributed by atoms with van der Waals surface area (Å²) in [5, 5.41) is 0. The lowest BCUT2D eigenvalue weighted by Crippen LogP contribution is -2.07. The number of hydrogen-bond donors (Lipinski definition) is 0. The third-order valence-electron chi connectivity index (χ3n) is 2.16. The molecule has 90 valence electrons. The van der Waals surface area contributed by atoms with Crippen LogP contribution < -0.4 is 0 Å². The van der Waals surface area contributed by atoms with E-state index in [0.717, 1.165) is 12.1 Å². The molecule has 0 aliphatic heterocycles. The third kappa shape index (κ3) is 2.59. The molecule has 4 nitrogen and oxygen atoms in total. The first-order valence-electron chi connectivity index (χ1n) is 4.46. The van der Waals surface area contributed by atoms with Gasteiger partial charge in [0, 0.05) is 0 Å². The van der Waals surface area contributed by atoms with Crippen LogP contribution in [-0.4, -0.2) is 22.6 Å². The molecule has 0 saturated heterocycles. The molecule has 0 fully saturated rings. The van der Waals surface area contributed by atoms with Gasteiger partial charge in [0.1, 0.15) is 0 Å². The molecule has 0 spiro atoms. The van der Waals surface area contributed by atoms with Crippen LogP contribution in [0.1, 0.15) is 12.5 Å². The van der Waals surface area contributed by atoms with Gasteiger partial charge in [-0.05, 0) is 24.6 Å². The number of halogens is 1. The molecule has 1 aromatic rings. The molecular formula is C9H11FO4S2. The van der Waals surface area contributed by atoms with Gasteiger partial charge in [-0.1, -0.05) is 13.0 Å². The topological polar surface area (TPSA) is 68.3 Å². The number of rotatable bonds is 3. The Morgan fingerprint density at radius 3 is 2.19 bits per heavy atom. The van der Waals surface area contributed by atoms with E-state index in [4.69, 9.17) is 0 Å². The zero-order valence-corrected chi connectivity index (χ0v) is 10.4. The van der Waals surface area contributed by atoms with Gasteiger partial charge in [-0.15, -0.1) is 3.89 Å². The maximum atomic E-state index is 12.7. The molecule has 0 atom stereocenters. The summed E-state index contributed by atoms with van der Waals surface area (Å²) in [6.07, 6.45) is 0. The highest BCUT2D eigenvalue weighted by molar-refractivity contribution is 7.91. The predicted octanol–water partition coefficient (Wildman–Crippen LogP) is 1.45. The van der Waals surface area contributed by atoms with Gasteiger partial charge < -0.3 is 0 Å². The van der Waals surface area contributed by atoms with Crippen LogP contribution >= 0.6 is 0 Å². The van der Waals surface area contributed by atoms with E-state index in [1.807, 2.05) is 0 Å². The second-order valence-electron chi connectivity index (χ2n) is 3.27. The van der Waals surface area contributed by atoms with Crippen molar-refractivity contribution in [2.45, 2.75) is 23.6 Å². The van der Waals surface area contributed by atoms with Crippen LogP contribution in [-0.2, 0) is 20.1 Å². The molecule has 7 heteroatoms. The molecule has 1 aromatic carbocycles. The van der Waals surface area contributed by atoms with Crippen LogP contribution in [0, 0.1) is 6.92 Å². The van der Waals surface area contributed by atoms with E-state index < -0.39 is 25.0 Å². The van der Waals surface area contributed by atoms with E-state index in [2.05, 4.69) is 0 Å². The minimum atomic E-state index is -4.88. The molecule has 0 bridgehead atoms. The molecule has 0 radical (unpaired) electrons. The summed E-state index contributed by atoms with van der Waals surface area (Å²) in [5.74, 6) is -0.163. The van der Waals surface area contributed by atoms with E-state index in [1.165, 1.54) is 19.9 Å². The van der Waals surface area contributed by atoms with Crippen molar-refractivity contribution in [2.75, 3.05) is 5.75 Å². The highest BCUT2D eigenvalue weighted by Crippen LogP contribution is 2.22. The first-order chi connectivity index (χ1) is 7.18. The number of hydrogen-bond acceptors (Lipinski definition) is 4. The lowest BCUT2D eigenvalue weighted by Gasteiger charge is -2.06.